The van der Waals surface area contributed by atoms with Crippen LogP contribution in [0.15, 0.2) is 36.4 Å². The van der Waals surface area contributed by atoms with Crippen molar-refractivity contribution in [1.82, 2.24) is 0 Å². The summed E-state index contributed by atoms with van der Waals surface area (Å²) in [6.07, 6.45) is 0. The SMILES string of the molecule is Nc1ccc(C(=O)c2ccc(F)cc2I)cc1F. The van der Waals surface area contributed by atoms with Gasteiger partial charge in [0.2, 0.25) is 0 Å². The monoisotopic (exact) mass is 359 g/mol. The van der Waals surface area contributed by atoms with Crippen LogP contribution >= 0.6 is 22.6 Å². The molecule has 0 saturated heterocycles. The third kappa shape index (κ3) is 2.50. The molecule has 5 heteroatoms. The van der Waals surface area contributed by atoms with E-state index in [1.54, 1.807) is 0 Å². The molecule has 0 fully saturated rings. The number of hydrogen-bond acceptors (Lipinski definition) is 2. The standard InChI is InChI=1S/C13H8F2INO/c14-8-2-3-9(11(16)6-8)13(18)7-1-4-12(17)10(15)5-7/h1-6H,17H2. The summed E-state index contributed by atoms with van der Waals surface area (Å²) in [6.45, 7) is 0. The Morgan fingerprint density at radius 3 is 2.44 bits per heavy atom. The van der Waals surface area contributed by atoms with Gasteiger partial charge in [0, 0.05) is 14.7 Å². The van der Waals surface area contributed by atoms with Crippen LogP contribution in [0.1, 0.15) is 15.9 Å². The van der Waals surface area contributed by atoms with Crippen LogP contribution < -0.4 is 5.73 Å². The third-order valence-electron chi connectivity index (χ3n) is 2.44. The van der Waals surface area contributed by atoms with Gasteiger partial charge < -0.3 is 5.73 Å². The van der Waals surface area contributed by atoms with Gasteiger partial charge in [0.05, 0.1) is 5.69 Å². The summed E-state index contributed by atoms with van der Waals surface area (Å²) < 4.78 is 26.7. The number of anilines is 1. The number of nitrogen functional groups attached to an aromatic ring is 1. The molecule has 0 aliphatic heterocycles. The Hall–Kier alpha value is -1.50. The van der Waals surface area contributed by atoms with E-state index in [-0.39, 0.29) is 17.0 Å². The predicted octanol–water partition coefficient (Wildman–Crippen LogP) is 3.38. The highest BCUT2D eigenvalue weighted by atomic mass is 127. The van der Waals surface area contributed by atoms with Gasteiger partial charge >= 0.3 is 0 Å². The quantitative estimate of drug-likeness (QED) is 0.508. The number of rotatable bonds is 2. The molecule has 0 aliphatic carbocycles. The second-order valence-corrected chi connectivity index (χ2v) is 4.85. The van der Waals surface area contributed by atoms with Gasteiger partial charge in [-0.15, -0.1) is 0 Å². The van der Waals surface area contributed by atoms with Crippen molar-refractivity contribution >= 4 is 34.1 Å². The molecule has 0 atom stereocenters. The van der Waals surface area contributed by atoms with Crippen LogP contribution in [0.25, 0.3) is 0 Å². The van der Waals surface area contributed by atoms with Crippen molar-refractivity contribution in [3.8, 4) is 0 Å². The summed E-state index contributed by atoms with van der Waals surface area (Å²) >= 11 is 1.86. The van der Waals surface area contributed by atoms with E-state index in [0.29, 0.717) is 9.13 Å². The Bertz CT molecular complexity index is 628. The average molecular weight is 359 g/mol. The molecule has 0 unspecified atom stereocenters. The molecule has 0 spiro atoms. The molecule has 2 aromatic carbocycles. The van der Waals surface area contributed by atoms with Gasteiger partial charge in [-0.2, -0.15) is 0 Å². The van der Waals surface area contributed by atoms with Gasteiger partial charge in [0.1, 0.15) is 11.6 Å². The van der Waals surface area contributed by atoms with Crippen LogP contribution in [0.5, 0.6) is 0 Å². The zero-order valence-electron chi connectivity index (χ0n) is 9.08. The summed E-state index contributed by atoms with van der Waals surface area (Å²) in [6, 6.07) is 7.69. The van der Waals surface area contributed by atoms with E-state index in [9.17, 15) is 13.6 Å². The molecule has 0 aromatic heterocycles. The number of benzene rings is 2. The summed E-state index contributed by atoms with van der Waals surface area (Å²) in [5.41, 5.74) is 5.85. The minimum atomic E-state index is -0.641. The smallest absolute Gasteiger partial charge is 0.194 e. The molecular formula is C13H8F2INO. The first-order valence-corrected chi connectivity index (χ1v) is 6.11. The van der Waals surface area contributed by atoms with Crippen molar-refractivity contribution in [3.05, 3.63) is 62.7 Å². The molecule has 0 amide bonds. The fourth-order valence-electron chi connectivity index (χ4n) is 1.50. The largest absolute Gasteiger partial charge is 0.396 e. The van der Waals surface area contributed by atoms with Gasteiger partial charge in [-0.25, -0.2) is 8.78 Å². The number of halogens is 3. The molecule has 2 rings (SSSR count). The third-order valence-corrected chi connectivity index (χ3v) is 3.33. The number of carbonyl (C=O) groups excluding carboxylic acids is 1. The molecule has 2 N–H and O–H groups in total. The first-order valence-electron chi connectivity index (χ1n) is 5.04. The van der Waals surface area contributed by atoms with Crippen LogP contribution in [0, 0.1) is 15.2 Å². The highest BCUT2D eigenvalue weighted by Gasteiger charge is 2.14. The Morgan fingerprint density at radius 2 is 1.83 bits per heavy atom. The molecule has 0 bridgehead atoms. The minimum Gasteiger partial charge on any atom is -0.396 e. The Labute approximate surface area is 116 Å². The maximum Gasteiger partial charge on any atom is 0.194 e. The number of hydrogen-bond donors (Lipinski definition) is 1. The van der Waals surface area contributed by atoms with E-state index in [1.807, 2.05) is 22.6 Å². The molecule has 2 nitrogen and oxygen atoms in total. The first kappa shape index (κ1) is 12.9. The van der Waals surface area contributed by atoms with Gasteiger partial charge in [-0.3, -0.25) is 4.79 Å². The summed E-state index contributed by atoms with van der Waals surface area (Å²) in [5, 5.41) is 0. The first-order chi connectivity index (χ1) is 8.49. The number of nitrogens with two attached hydrogens (primary N) is 1. The van der Waals surface area contributed by atoms with Gasteiger partial charge in [-0.1, -0.05) is 0 Å². The van der Waals surface area contributed by atoms with Gasteiger partial charge in [0.15, 0.2) is 5.78 Å². The second-order valence-electron chi connectivity index (χ2n) is 3.69. The van der Waals surface area contributed by atoms with Crippen molar-refractivity contribution in [3.63, 3.8) is 0 Å². The summed E-state index contributed by atoms with van der Waals surface area (Å²) in [7, 11) is 0. The van der Waals surface area contributed by atoms with Crippen molar-refractivity contribution in [2.75, 3.05) is 5.73 Å². The molecule has 0 radical (unpaired) electrons. The van der Waals surface area contributed by atoms with Crippen LogP contribution in [-0.4, -0.2) is 5.78 Å². The van der Waals surface area contributed by atoms with Crippen molar-refractivity contribution in [2.45, 2.75) is 0 Å². The van der Waals surface area contributed by atoms with Gasteiger partial charge in [0.25, 0.3) is 0 Å². The highest BCUT2D eigenvalue weighted by molar-refractivity contribution is 14.1. The van der Waals surface area contributed by atoms with Crippen LogP contribution in [0.4, 0.5) is 14.5 Å². The molecule has 0 heterocycles. The zero-order chi connectivity index (χ0) is 13.3. The molecule has 2 aromatic rings. The maximum atomic E-state index is 13.3. The summed E-state index contributed by atoms with van der Waals surface area (Å²) in [5.74, 6) is -1.42. The van der Waals surface area contributed by atoms with Crippen molar-refractivity contribution < 1.29 is 13.6 Å². The van der Waals surface area contributed by atoms with E-state index in [2.05, 4.69) is 0 Å². The van der Waals surface area contributed by atoms with Crippen LogP contribution in [-0.2, 0) is 0 Å². The lowest BCUT2D eigenvalue weighted by Crippen LogP contribution is -2.05. The Balaban J connectivity index is 2.44. The lowest BCUT2D eigenvalue weighted by molar-refractivity contribution is 0.103. The maximum absolute atomic E-state index is 13.3. The van der Waals surface area contributed by atoms with E-state index >= 15 is 0 Å². The number of ketones is 1. The molecule has 92 valence electrons. The minimum absolute atomic E-state index is 0.0136. The lowest BCUT2D eigenvalue weighted by Gasteiger charge is -2.05. The van der Waals surface area contributed by atoms with Crippen molar-refractivity contribution in [1.29, 1.82) is 0 Å². The fraction of sp³-hybridized carbons (Fsp3) is 0. The van der Waals surface area contributed by atoms with E-state index in [1.165, 1.54) is 30.3 Å². The van der Waals surface area contributed by atoms with E-state index in [4.69, 9.17) is 5.73 Å². The zero-order valence-corrected chi connectivity index (χ0v) is 11.2. The second kappa shape index (κ2) is 5.01. The molecule has 0 saturated carbocycles. The van der Waals surface area contributed by atoms with Crippen molar-refractivity contribution in [2.24, 2.45) is 0 Å². The molecule has 18 heavy (non-hydrogen) atoms. The molecule has 0 aliphatic rings. The Kier molecular flexibility index (Phi) is 3.60. The molecular weight excluding hydrogens is 351 g/mol. The predicted molar refractivity (Wildman–Crippen MR) is 73.4 cm³/mol. The summed E-state index contributed by atoms with van der Waals surface area (Å²) in [4.78, 5) is 12.1. The Morgan fingerprint density at radius 1 is 1.11 bits per heavy atom. The fourth-order valence-corrected chi connectivity index (χ4v) is 2.22. The van der Waals surface area contributed by atoms with Crippen LogP contribution in [0.2, 0.25) is 0 Å². The lowest BCUT2D eigenvalue weighted by atomic mass is 10.0. The van der Waals surface area contributed by atoms with Gasteiger partial charge in [-0.05, 0) is 59.0 Å². The van der Waals surface area contributed by atoms with E-state index in [0.717, 1.165) is 6.07 Å². The topological polar surface area (TPSA) is 43.1 Å². The normalized spacial score (nSPS) is 10.4. The van der Waals surface area contributed by atoms with Crippen LogP contribution in [0.3, 0.4) is 0 Å². The highest BCUT2D eigenvalue weighted by Crippen LogP contribution is 2.20. The number of carbonyl (C=O) groups is 1. The average Bonchev–Trinajstić information content (AvgIpc) is 2.32. The van der Waals surface area contributed by atoms with E-state index < -0.39 is 11.6 Å².